The van der Waals surface area contributed by atoms with Gasteiger partial charge < -0.3 is 0 Å². The summed E-state index contributed by atoms with van der Waals surface area (Å²) < 4.78 is 20.7. The SMILES string of the molecule is C.CC(C)C.CC(C)S(C)(=O)=O. The third-order valence-corrected chi connectivity index (χ3v) is 2.57. The summed E-state index contributed by atoms with van der Waals surface area (Å²) in [4.78, 5) is 0. The van der Waals surface area contributed by atoms with Gasteiger partial charge in [0.05, 0.1) is 5.25 Å². The largest absolute Gasteiger partial charge is 0.229 e. The van der Waals surface area contributed by atoms with E-state index in [0.717, 1.165) is 5.92 Å². The molecule has 0 fully saturated rings. The highest BCUT2D eigenvalue weighted by Crippen LogP contribution is 1.92. The van der Waals surface area contributed by atoms with Crippen LogP contribution in [0.1, 0.15) is 42.0 Å². The van der Waals surface area contributed by atoms with Crippen molar-refractivity contribution in [2.24, 2.45) is 5.92 Å². The summed E-state index contributed by atoms with van der Waals surface area (Å²) in [6, 6.07) is 0. The van der Waals surface area contributed by atoms with E-state index in [1.54, 1.807) is 13.8 Å². The monoisotopic (exact) mass is 196 g/mol. The van der Waals surface area contributed by atoms with Crippen molar-refractivity contribution in [3.8, 4) is 0 Å². The minimum atomic E-state index is -2.74. The Morgan fingerprint density at radius 3 is 1.00 bits per heavy atom. The van der Waals surface area contributed by atoms with E-state index in [0.29, 0.717) is 0 Å². The third kappa shape index (κ3) is 22.5. The summed E-state index contributed by atoms with van der Waals surface area (Å²) in [5.41, 5.74) is 0. The maximum atomic E-state index is 10.3. The standard InChI is InChI=1S/C4H10O2S.C4H10.CH4/c1-4(2)7(3,5)6;1-4(2)3;/h4H,1-3H3;4H,1-3H3;1H4. The first kappa shape index (κ1) is 17.9. The summed E-state index contributed by atoms with van der Waals surface area (Å²) in [6.45, 7) is 9.82. The normalized spacial score (nSPS) is 10.3. The highest BCUT2D eigenvalue weighted by Gasteiger charge is 2.05. The molecule has 0 heterocycles. The highest BCUT2D eigenvalue weighted by atomic mass is 32.2. The van der Waals surface area contributed by atoms with Crippen LogP contribution < -0.4 is 0 Å². The Kier molecular flexibility index (Phi) is 11.3. The molecule has 0 aliphatic heterocycles. The van der Waals surface area contributed by atoms with Gasteiger partial charge >= 0.3 is 0 Å². The van der Waals surface area contributed by atoms with E-state index in [1.165, 1.54) is 6.26 Å². The number of rotatable bonds is 1. The maximum absolute atomic E-state index is 10.3. The van der Waals surface area contributed by atoms with E-state index in [9.17, 15) is 8.42 Å². The molecule has 0 bridgehead atoms. The van der Waals surface area contributed by atoms with Gasteiger partial charge in [0.15, 0.2) is 0 Å². The molecule has 0 saturated carbocycles. The van der Waals surface area contributed by atoms with E-state index in [-0.39, 0.29) is 12.7 Å². The Morgan fingerprint density at radius 2 is 1.00 bits per heavy atom. The van der Waals surface area contributed by atoms with Gasteiger partial charge in [-0.3, -0.25) is 0 Å². The van der Waals surface area contributed by atoms with Gasteiger partial charge in [0.25, 0.3) is 0 Å². The van der Waals surface area contributed by atoms with E-state index in [1.807, 2.05) is 0 Å². The van der Waals surface area contributed by atoms with Gasteiger partial charge in [-0.2, -0.15) is 0 Å². The summed E-state index contributed by atoms with van der Waals surface area (Å²) in [6.07, 6.45) is 1.23. The molecule has 0 aromatic rings. The molecule has 0 spiro atoms. The predicted octanol–water partition coefficient (Wildman–Crippen LogP) is 2.74. The van der Waals surface area contributed by atoms with Crippen LogP contribution in [-0.4, -0.2) is 19.9 Å². The molecular weight excluding hydrogens is 172 g/mol. The molecule has 3 heteroatoms. The second-order valence-corrected chi connectivity index (χ2v) is 6.21. The average Bonchev–Trinajstić information content (AvgIpc) is 1.59. The number of hydrogen-bond acceptors (Lipinski definition) is 2. The molecule has 0 aromatic heterocycles. The Balaban J connectivity index is -0.000000142. The van der Waals surface area contributed by atoms with Crippen molar-refractivity contribution < 1.29 is 8.42 Å². The van der Waals surface area contributed by atoms with E-state index < -0.39 is 9.84 Å². The topological polar surface area (TPSA) is 34.1 Å². The van der Waals surface area contributed by atoms with Crippen molar-refractivity contribution in [1.82, 2.24) is 0 Å². The van der Waals surface area contributed by atoms with Crippen LogP contribution in [0.25, 0.3) is 0 Å². The van der Waals surface area contributed by atoms with Gasteiger partial charge in [-0.05, 0) is 19.8 Å². The molecule has 0 rings (SSSR count). The summed E-state index contributed by atoms with van der Waals surface area (Å²) in [5, 5.41) is -0.229. The first-order valence-electron chi connectivity index (χ1n) is 3.86. The molecule has 0 amide bonds. The predicted molar refractivity (Wildman–Crippen MR) is 57.2 cm³/mol. The molecule has 0 radical (unpaired) electrons. The lowest BCUT2D eigenvalue weighted by Gasteiger charge is -1.96. The van der Waals surface area contributed by atoms with Crippen LogP contribution >= 0.6 is 0 Å². The Labute approximate surface area is 78.3 Å². The number of hydrogen-bond donors (Lipinski definition) is 0. The smallest absolute Gasteiger partial charge is 0.149 e. The van der Waals surface area contributed by atoms with Crippen LogP contribution in [-0.2, 0) is 9.84 Å². The van der Waals surface area contributed by atoms with Crippen LogP contribution in [0.2, 0.25) is 0 Å². The summed E-state index contributed by atoms with van der Waals surface area (Å²) in [5.74, 6) is 0.833. The first-order chi connectivity index (χ1) is 4.68. The molecule has 0 unspecified atom stereocenters. The molecular formula is C9H24O2S. The zero-order valence-corrected chi connectivity index (χ0v) is 9.20. The first-order valence-corrected chi connectivity index (χ1v) is 5.82. The molecule has 0 aliphatic rings. The zero-order chi connectivity index (χ0) is 9.65. The summed E-state index contributed by atoms with van der Waals surface area (Å²) >= 11 is 0. The molecule has 2 nitrogen and oxygen atoms in total. The molecule has 0 saturated heterocycles. The Hall–Kier alpha value is -0.0500. The second kappa shape index (κ2) is 7.59. The number of sulfone groups is 1. The van der Waals surface area contributed by atoms with E-state index in [4.69, 9.17) is 0 Å². The lowest BCUT2D eigenvalue weighted by atomic mass is 10.3. The minimum absolute atomic E-state index is 0. The Morgan fingerprint density at radius 1 is 0.917 bits per heavy atom. The zero-order valence-electron chi connectivity index (χ0n) is 8.38. The molecule has 0 aromatic carbocycles. The van der Waals surface area contributed by atoms with Gasteiger partial charge in [-0.15, -0.1) is 0 Å². The van der Waals surface area contributed by atoms with Crippen molar-refractivity contribution >= 4 is 9.84 Å². The molecule has 0 aliphatic carbocycles. The lowest BCUT2D eigenvalue weighted by molar-refractivity contribution is 0.593. The van der Waals surface area contributed by atoms with Crippen LogP contribution in [0.3, 0.4) is 0 Å². The average molecular weight is 196 g/mol. The lowest BCUT2D eigenvalue weighted by Crippen LogP contribution is -2.10. The van der Waals surface area contributed by atoms with Crippen LogP contribution in [0.15, 0.2) is 0 Å². The fraction of sp³-hybridized carbons (Fsp3) is 1.00. The van der Waals surface area contributed by atoms with Crippen LogP contribution in [0.4, 0.5) is 0 Å². The fourth-order valence-electron chi connectivity index (χ4n) is 0. The van der Waals surface area contributed by atoms with Gasteiger partial charge in [-0.1, -0.05) is 28.2 Å². The van der Waals surface area contributed by atoms with E-state index in [2.05, 4.69) is 20.8 Å². The van der Waals surface area contributed by atoms with E-state index >= 15 is 0 Å². The fourth-order valence-corrected chi connectivity index (χ4v) is 0. The third-order valence-electron chi connectivity index (χ3n) is 0.856. The van der Waals surface area contributed by atoms with Crippen molar-refractivity contribution in [3.63, 3.8) is 0 Å². The highest BCUT2D eigenvalue weighted by molar-refractivity contribution is 7.91. The Bertz CT molecular complexity index is 164. The van der Waals surface area contributed by atoms with Crippen molar-refractivity contribution in [3.05, 3.63) is 0 Å². The van der Waals surface area contributed by atoms with Crippen LogP contribution in [0, 0.1) is 5.92 Å². The van der Waals surface area contributed by atoms with Gasteiger partial charge in [-0.25, -0.2) is 8.42 Å². The van der Waals surface area contributed by atoms with Crippen molar-refractivity contribution in [1.29, 1.82) is 0 Å². The second-order valence-electron chi connectivity index (χ2n) is 3.61. The molecule has 12 heavy (non-hydrogen) atoms. The van der Waals surface area contributed by atoms with Gasteiger partial charge in [0.2, 0.25) is 0 Å². The quantitative estimate of drug-likeness (QED) is 0.646. The maximum Gasteiger partial charge on any atom is 0.149 e. The molecule has 0 atom stereocenters. The van der Waals surface area contributed by atoms with Crippen molar-refractivity contribution in [2.45, 2.75) is 47.3 Å². The van der Waals surface area contributed by atoms with Crippen LogP contribution in [0.5, 0.6) is 0 Å². The summed E-state index contributed by atoms with van der Waals surface area (Å²) in [7, 11) is -2.74. The van der Waals surface area contributed by atoms with Crippen molar-refractivity contribution in [2.75, 3.05) is 6.26 Å². The van der Waals surface area contributed by atoms with Gasteiger partial charge in [0, 0.05) is 6.26 Å². The minimum Gasteiger partial charge on any atom is -0.229 e. The molecule has 78 valence electrons. The molecule has 0 N–H and O–H groups in total. The van der Waals surface area contributed by atoms with Gasteiger partial charge in [0.1, 0.15) is 9.84 Å².